The molecule has 8 heteroatoms. The molecule has 0 aliphatic heterocycles. The zero-order valence-electron chi connectivity index (χ0n) is 19.8. The molecule has 0 spiro atoms. The van der Waals surface area contributed by atoms with Crippen molar-refractivity contribution >= 4 is 35.3 Å². The van der Waals surface area contributed by atoms with Gasteiger partial charge in [0.1, 0.15) is 5.82 Å². The predicted octanol–water partition coefficient (Wildman–Crippen LogP) is 3.12. The van der Waals surface area contributed by atoms with Crippen LogP contribution in [0.25, 0.3) is 17.8 Å². The standard InChI is InChI=1S/C25H35N7O/c1-6-20-21(16-24(28-5)30-23(20)7-2)22(26)17-32(27)19-12-10-18(11-13-19)25(33)29-14-15-31(8-3)9-4/h6-7,10-13,16-17H,1-2,8-9,14-15,26-27H2,3-5H3,(H,28,30)(H,29,33)/b22-17-. The average Bonchev–Trinajstić information content (AvgIpc) is 2.85. The van der Waals surface area contributed by atoms with Gasteiger partial charge >= 0.3 is 0 Å². The summed E-state index contributed by atoms with van der Waals surface area (Å²) in [4.78, 5) is 19.1. The first-order chi connectivity index (χ1) is 15.9. The molecule has 0 saturated heterocycles. The van der Waals surface area contributed by atoms with E-state index in [0.717, 1.165) is 30.8 Å². The van der Waals surface area contributed by atoms with Crippen LogP contribution >= 0.6 is 0 Å². The summed E-state index contributed by atoms with van der Waals surface area (Å²) in [5.41, 5.74) is 10.2. The molecule has 0 aliphatic rings. The zero-order valence-corrected chi connectivity index (χ0v) is 19.8. The van der Waals surface area contributed by atoms with E-state index in [9.17, 15) is 4.79 Å². The number of rotatable bonds is 12. The van der Waals surface area contributed by atoms with Crippen molar-refractivity contribution in [1.29, 1.82) is 0 Å². The Hall–Kier alpha value is -3.62. The van der Waals surface area contributed by atoms with E-state index in [0.29, 0.717) is 35.0 Å². The van der Waals surface area contributed by atoms with Crippen molar-refractivity contribution in [3.63, 3.8) is 0 Å². The van der Waals surface area contributed by atoms with Crippen LogP contribution in [0.3, 0.4) is 0 Å². The van der Waals surface area contributed by atoms with Crippen LogP contribution in [0.2, 0.25) is 0 Å². The first-order valence-electron chi connectivity index (χ1n) is 11.0. The molecule has 0 fully saturated rings. The smallest absolute Gasteiger partial charge is 0.251 e. The van der Waals surface area contributed by atoms with E-state index < -0.39 is 0 Å². The number of anilines is 2. The van der Waals surface area contributed by atoms with Crippen LogP contribution in [0.5, 0.6) is 0 Å². The lowest BCUT2D eigenvalue weighted by atomic mass is 10.0. The van der Waals surface area contributed by atoms with Crippen molar-refractivity contribution in [1.82, 2.24) is 15.2 Å². The SMILES string of the molecule is C=Cc1nc(NC)cc(/C(N)=C/N(N)c2ccc(C(=O)NCCN(CC)CC)cc2)c1C=C. The summed E-state index contributed by atoms with van der Waals surface area (Å²) in [5, 5.41) is 7.38. The second kappa shape index (κ2) is 12.4. The minimum absolute atomic E-state index is 0.115. The maximum absolute atomic E-state index is 12.4. The molecular formula is C25H35N7O. The molecule has 0 unspecified atom stereocenters. The Morgan fingerprint density at radius 1 is 1.15 bits per heavy atom. The molecule has 0 radical (unpaired) electrons. The molecule has 1 heterocycles. The fourth-order valence-electron chi connectivity index (χ4n) is 3.36. The average molecular weight is 450 g/mol. The van der Waals surface area contributed by atoms with Gasteiger partial charge in [0, 0.05) is 43.0 Å². The maximum Gasteiger partial charge on any atom is 0.251 e. The zero-order chi connectivity index (χ0) is 24.4. The Morgan fingerprint density at radius 3 is 2.36 bits per heavy atom. The molecule has 8 nitrogen and oxygen atoms in total. The molecule has 1 amide bonds. The maximum atomic E-state index is 12.4. The lowest BCUT2D eigenvalue weighted by Crippen LogP contribution is -2.34. The summed E-state index contributed by atoms with van der Waals surface area (Å²) in [6.07, 6.45) is 4.96. The number of hydrazine groups is 1. The molecule has 2 aromatic rings. The van der Waals surface area contributed by atoms with Crippen LogP contribution in [0, 0.1) is 0 Å². The van der Waals surface area contributed by atoms with Crippen molar-refractivity contribution in [2.24, 2.45) is 11.6 Å². The number of carbonyl (C=O) groups excluding carboxylic acids is 1. The number of amides is 1. The van der Waals surface area contributed by atoms with Crippen LogP contribution in [-0.4, -0.2) is 49.0 Å². The number of nitrogens with one attached hydrogen (secondary N) is 2. The second-order valence-corrected chi connectivity index (χ2v) is 7.33. The van der Waals surface area contributed by atoms with Crippen molar-refractivity contribution in [3.05, 3.63) is 72.1 Å². The molecular weight excluding hydrogens is 414 g/mol. The summed E-state index contributed by atoms with van der Waals surface area (Å²) in [7, 11) is 1.78. The predicted molar refractivity (Wildman–Crippen MR) is 139 cm³/mol. The molecule has 0 saturated carbocycles. The van der Waals surface area contributed by atoms with Crippen LogP contribution in [-0.2, 0) is 0 Å². The van der Waals surface area contributed by atoms with Gasteiger partial charge < -0.3 is 21.3 Å². The minimum atomic E-state index is -0.115. The topological polar surface area (TPSA) is 113 Å². The van der Waals surface area contributed by atoms with Crippen molar-refractivity contribution in [2.75, 3.05) is 43.6 Å². The largest absolute Gasteiger partial charge is 0.397 e. The Kier molecular flexibility index (Phi) is 9.65. The second-order valence-electron chi connectivity index (χ2n) is 7.33. The number of carbonyl (C=O) groups is 1. The van der Waals surface area contributed by atoms with Gasteiger partial charge in [-0.05, 0) is 49.5 Å². The van der Waals surface area contributed by atoms with Gasteiger partial charge in [-0.15, -0.1) is 0 Å². The van der Waals surface area contributed by atoms with Gasteiger partial charge in [-0.25, -0.2) is 10.8 Å². The summed E-state index contributed by atoms with van der Waals surface area (Å²) in [6.45, 7) is 15.2. The lowest BCUT2D eigenvalue weighted by Gasteiger charge is -2.18. The number of pyridine rings is 1. The third-order valence-corrected chi connectivity index (χ3v) is 5.37. The van der Waals surface area contributed by atoms with Gasteiger partial charge in [0.15, 0.2) is 0 Å². The van der Waals surface area contributed by atoms with Crippen LogP contribution in [0.15, 0.2) is 49.7 Å². The number of likely N-dealkylation sites (N-methyl/N-ethyl adjacent to an activating group) is 1. The Morgan fingerprint density at radius 2 is 1.82 bits per heavy atom. The number of hydrogen-bond donors (Lipinski definition) is 4. The van der Waals surface area contributed by atoms with Crippen LogP contribution in [0.1, 0.15) is 41.0 Å². The molecule has 176 valence electrons. The molecule has 1 aromatic carbocycles. The first kappa shape index (κ1) is 25.6. The number of nitrogens with two attached hydrogens (primary N) is 2. The molecule has 0 bridgehead atoms. The van der Waals surface area contributed by atoms with Gasteiger partial charge in [-0.1, -0.05) is 33.1 Å². The monoisotopic (exact) mass is 449 g/mol. The highest BCUT2D eigenvalue weighted by atomic mass is 16.1. The van der Waals surface area contributed by atoms with Crippen LogP contribution < -0.4 is 27.2 Å². The Labute approximate surface area is 196 Å². The summed E-state index contributed by atoms with van der Waals surface area (Å²) >= 11 is 0. The van der Waals surface area contributed by atoms with E-state index in [4.69, 9.17) is 11.6 Å². The van der Waals surface area contributed by atoms with E-state index in [1.807, 2.05) is 6.07 Å². The first-order valence-corrected chi connectivity index (χ1v) is 11.0. The van der Waals surface area contributed by atoms with Crippen molar-refractivity contribution in [2.45, 2.75) is 13.8 Å². The number of nitrogens with zero attached hydrogens (tertiary/aromatic N) is 3. The normalized spacial score (nSPS) is 11.2. The van der Waals surface area contributed by atoms with Gasteiger partial charge in [-0.3, -0.25) is 9.80 Å². The third-order valence-electron chi connectivity index (χ3n) is 5.37. The fourth-order valence-corrected chi connectivity index (χ4v) is 3.36. The molecule has 2 rings (SSSR count). The van der Waals surface area contributed by atoms with Gasteiger partial charge in [0.2, 0.25) is 0 Å². The number of aromatic nitrogens is 1. The van der Waals surface area contributed by atoms with E-state index in [1.54, 1.807) is 49.7 Å². The molecule has 33 heavy (non-hydrogen) atoms. The highest BCUT2D eigenvalue weighted by Crippen LogP contribution is 2.25. The molecule has 0 aliphatic carbocycles. The highest BCUT2D eigenvalue weighted by Gasteiger charge is 2.12. The van der Waals surface area contributed by atoms with E-state index in [1.165, 1.54) is 5.01 Å². The summed E-state index contributed by atoms with van der Waals surface area (Å²) in [5.74, 6) is 6.77. The Bertz CT molecular complexity index is 995. The van der Waals surface area contributed by atoms with Crippen LogP contribution in [0.4, 0.5) is 11.5 Å². The fraction of sp³-hybridized carbons (Fsp3) is 0.280. The van der Waals surface area contributed by atoms with Gasteiger partial charge in [0.25, 0.3) is 5.91 Å². The summed E-state index contributed by atoms with van der Waals surface area (Å²) in [6, 6.07) is 8.86. The Balaban J connectivity index is 2.15. The minimum Gasteiger partial charge on any atom is -0.397 e. The molecule has 1 aromatic heterocycles. The van der Waals surface area contributed by atoms with Gasteiger partial charge in [-0.2, -0.15) is 0 Å². The molecule has 6 N–H and O–H groups in total. The highest BCUT2D eigenvalue weighted by molar-refractivity contribution is 5.94. The van der Waals surface area contributed by atoms with Crippen molar-refractivity contribution in [3.8, 4) is 0 Å². The summed E-state index contributed by atoms with van der Waals surface area (Å²) < 4.78 is 0. The van der Waals surface area contributed by atoms with E-state index >= 15 is 0 Å². The van der Waals surface area contributed by atoms with E-state index in [2.05, 4.69) is 47.5 Å². The van der Waals surface area contributed by atoms with Gasteiger partial charge in [0.05, 0.1) is 17.1 Å². The number of hydrogen-bond acceptors (Lipinski definition) is 7. The lowest BCUT2D eigenvalue weighted by molar-refractivity contribution is 0.0949. The molecule has 0 atom stereocenters. The van der Waals surface area contributed by atoms with E-state index in [-0.39, 0.29) is 5.91 Å². The third kappa shape index (κ3) is 6.68. The van der Waals surface area contributed by atoms with Crippen molar-refractivity contribution < 1.29 is 4.79 Å². The quantitative estimate of drug-likeness (QED) is 0.291. The number of benzene rings is 1.